The highest BCUT2D eigenvalue weighted by atomic mass is 19.2. The molecule has 1 heterocycles. The van der Waals surface area contributed by atoms with Crippen molar-refractivity contribution in [2.75, 3.05) is 11.9 Å². The van der Waals surface area contributed by atoms with E-state index in [1.807, 2.05) is 6.07 Å². The lowest BCUT2D eigenvalue weighted by Crippen LogP contribution is -2.42. The summed E-state index contributed by atoms with van der Waals surface area (Å²) in [7, 11) is 0. The number of nitrogens with one attached hydrogen (secondary N) is 2. The van der Waals surface area contributed by atoms with Crippen molar-refractivity contribution in [1.82, 2.24) is 10.2 Å². The molecule has 7 nitrogen and oxygen atoms in total. The maximum Gasteiger partial charge on any atom is 0.325 e. The number of amides is 4. The Kier molecular flexibility index (Phi) is 4.79. The molecular weight excluding hydrogens is 370 g/mol. The van der Waals surface area contributed by atoms with Gasteiger partial charge in [0.1, 0.15) is 12.1 Å². The number of carbonyl (C=O) groups is 3. The topological polar surface area (TPSA) is 102 Å². The molecule has 1 aliphatic heterocycles. The summed E-state index contributed by atoms with van der Waals surface area (Å²) in [6.45, 7) is 0.855. The molecule has 0 aliphatic carbocycles. The number of rotatable bonds is 4. The Morgan fingerprint density at radius 1 is 1.21 bits per heavy atom. The Morgan fingerprint density at radius 2 is 1.96 bits per heavy atom. The summed E-state index contributed by atoms with van der Waals surface area (Å²) >= 11 is 0. The molecule has 0 saturated carbocycles. The van der Waals surface area contributed by atoms with Crippen LogP contribution in [0.5, 0.6) is 0 Å². The molecule has 1 aliphatic rings. The smallest absolute Gasteiger partial charge is 0.324 e. The van der Waals surface area contributed by atoms with Crippen molar-refractivity contribution in [3.05, 3.63) is 65.2 Å². The highest BCUT2D eigenvalue weighted by molar-refractivity contribution is 6.10. The molecule has 2 aromatic rings. The van der Waals surface area contributed by atoms with Crippen molar-refractivity contribution in [3.8, 4) is 6.07 Å². The van der Waals surface area contributed by atoms with E-state index in [9.17, 15) is 23.2 Å². The van der Waals surface area contributed by atoms with Crippen LogP contribution < -0.4 is 10.6 Å². The van der Waals surface area contributed by atoms with Gasteiger partial charge in [0.05, 0.1) is 11.6 Å². The molecule has 0 bridgehead atoms. The van der Waals surface area contributed by atoms with Crippen LogP contribution in [0.2, 0.25) is 0 Å². The molecule has 2 aromatic carbocycles. The fourth-order valence-electron chi connectivity index (χ4n) is 2.85. The maximum absolute atomic E-state index is 13.2. The molecule has 1 fully saturated rings. The van der Waals surface area contributed by atoms with E-state index in [1.165, 1.54) is 13.0 Å². The lowest BCUT2D eigenvalue weighted by atomic mass is 9.91. The van der Waals surface area contributed by atoms with Crippen LogP contribution in [0.1, 0.15) is 18.1 Å². The van der Waals surface area contributed by atoms with Crippen molar-refractivity contribution >= 4 is 23.5 Å². The SMILES string of the molecule is CC1(c2cccc(C#N)c2)NC(=O)N(CC(=O)Nc2ccc(F)c(F)c2)C1=O. The predicted octanol–water partition coefficient (Wildman–Crippen LogP) is 2.24. The normalized spacial score (nSPS) is 18.6. The van der Waals surface area contributed by atoms with Crippen molar-refractivity contribution in [3.63, 3.8) is 0 Å². The second-order valence-corrected chi connectivity index (χ2v) is 6.32. The number of imide groups is 1. The van der Waals surface area contributed by atoms with Gasteiger partial charge >= 0.3 is 6.03 Å². The fourth-order valence-corrected chi connectivity index (χ4v) is 2.85. The Balaban J connectivity index is 1.77. The van der Waals surface area contributed by atoms with E-state index >= 15 is 0 Å². The third-order valence-electron chi connectivity index (χ3n) is 4.35. The van der Waals surface area contributed by atoms with Crippen LogP contribution in [0, 0.1) is 23.0 Å². The Labute approximate surface area is 158 Å². The lowest BCUT2D eigenvalue weighted by molar-refractivity contribution is -0.133. The molecule has 4 amide bonds. The Hall–Kier alpha value is -3.80. The molecule has 28 heavy (non-hydrogen) atoms. The number of nitriles is 1. The average molecular weight is 384 g/mol. The van der Waals surface area contributed by atoms with Crippen LogP contribution in [0.3, 0.4) is 0 Å². The van der Waals surface area contributed by atoms with E-state index < -0.39 is 41.6 Å². The third-order valence-corrected chi connectivity index (χ3v) is 4.35. The maximum atomic E-state index is 13.2. The van der Waals surface area contributed by atoms with Crippen LogP contribution in [-0.2, 0) is 15.1 Å². The molecule has 2 N–H and O–H groups in total. The first kappa shape index (κ1) is 19.0. The van der Waals surface area contributed by atoms with Crippen LogP contribution in [-0.4, -0.2) is 29.3 Å². The zero-order chi connectivity index (χ0) is 20.5. The van der Waals surface area contributed by atoms with Gasteiger partial charge in [0.25, 0.3) is 5.91 Å². The summed E-state index contributed by atoms with van der Waals surface area (Å²) in [5, 5.41) is 13.8. The highest BCUT2D eigenvalue weighted by Gasteiger charge is 2.49. The Morgan fingerprint density at radius 3 is 2.64 bits per heavy atom. The molecule has 9 heteroatoms. The van der Waals surface area contributed by atoms with Crippen LogP contribution in [0.4, 0.5) is 19.3 Å². The van der Waals surface area contributed by atoms with E-state index in [0.29, 0.717) is 16.0 Å². The first-order valence-electron chi connectivity index (χ1n) is 8.14. The summed E-state index contributed by atoms with van der Waals surface area (Å²) in [5.41, 5.74) is -0.740. The lowest BCUT2D eigenvalue weighted by Gasteiger charge is -2.22. The summed E-state index contributed by atoms with van der Waals surface area (Å²) in [6, 6.07) is 10.2. The number of benzene rings is 2. The van der Waals surface area contributed by atoms with Crippen molar-refractivity contribution < 1.29 is 23.2 Å². The minimum Gasteiger partial charge on any atom is -0.324 e. The number of urea groups is 1. The molecule has 0 spiro atoms. The summed E-state index contributed by atoms with van der Waals surface area (Å²) in [6.07, 6.45) is 0. The van der Waals surface area contributed by atoms with Gasteiger partial charge in [0, 0.05) is 11.8 Å². The first-order chi connectivity index (χ1) is 13.2. The monoisotopic (exact) mass is 384 g/mol. The molecule has 1 atom stereocenters. The van der Waals surface area contributed by atoms with Crippen LogP contribution >= 0.6 is 0 Å². The van der Waals surface area contributed by atoms with Crippen LogP contribution in [0.15, 0.2) is 42.5 Å². The van der Waals surface area contributed by atoms with Gasteiger partial charge < -0.3 is 10.6 Å². The van der Waals surface area contributed by atoms with Crippen LogP contribution in [0.25, 0.3) is 0 Å². The summed E-state index contributed by atoms with van der Waals surface area (Å²) in [5.74, 6) is -3.64. The number of nitrogens with zero attached hydrogens (tertiary/aromatic N) is 2. The van der Waals surface area contributed by atoms with Gasteiger partial charge in [0.15, 0.2) is 11.6 Å². The largest absolute Gasteiger partial charge is 0.325 e. The average Bonchev–Trinajstić information content (AvgIpc) is 2.89. The van der Waals surface area contributed by atoms with Crippen molar-refractivity contribution in [2.24, 2.45) is 0 Å². The molecule has 3 rings (SSSR count). The summed E-state index contributed by atoms with van der Waals surface area (Å²) < 4.78 is 26.2. The second kappa shape index (κ2) is 7.08. The van der Waals surface area contributed by atoms with Crippen molar-refractivity contribution in [2.45, 2.75) is 12.5 Å². The molecule has 1 unspecified atom stereocenters. The standard InChI is InChI=1S/C19H14F2N4O3/c1-19(12-4-2-3-11(7-12)9-22)17(27)25(18(28)24-19)10-16(26)23-13-5-6-14(20)15(21)8-13/h2-8H,10H2,1H3,(H,23,26)(H,24,28). The highest BCUT2D eigenvalue weighted by Crippen LogP contribution is 2.29. The van der Waals surface area contributed by atoms with Crippen molar-refractivity contribution in [1.29, 1.82) is 5.26 Å². The molecular formula is C19H14F2N4O3. The van der Waals surface area contributed by atoms with E-state index in [2.05, 4.69) is 10.6 Å². The minimum atomic E-state index is -1.44. The fraction of sp³-hybridized carbons (Fsp3) is 0.158. The molecule has 0 aromatic heterocycles. The quantitative estimate of drug-likeness (QED) is 0.789. The molecule has 142 valence electrons. The van der Waals surface area contributed by atoms with Gasteiger partial charge in [-0.25, -0.2) is 13.6 Å². The van der Waals surface area contributed by atoms with Gasteiger partial charge in [-0.2, -0.15) is 5.26 Å². The van der Waals surface area contributed by atoms with Gasteiger partial charge in [-0.3, -0.25) is 14.5 Å². The zero-order valence-corrected chi connectivity index (χ0v) is 14.6. The summed E-state index contributed by atoms with van der Waals surface area (Å²) in [4.78, 5) is 37.9. The van der Waals surface area contributed by atoms with Gasteiger partial charge in [-0.1, -0.05) is 12.1 Å². The number of hydrogen-bond donors (Lipinski definition) is 2. The number of anilines is 1. The van der Waals surface area contributed by atoms with E-state index in [-0.39, 0.29) is 5.69 Å². The third kappa shape index (κ3) is 3.40. The number of carbonyl (C=O) groups excluding carboxylic acids is 3. The second-order valence-electron chi connectivity index (χ2n) is 6.32. The number of halogens is 2. The molecule has 0 radical (unpaired) electrons. The number of hydrogen-bond acceptors (Lipinski definition) is 4. The van der Waals surface area contributed by atoms with E-state index in [0.717, 1.165) is 18.2 Å². The molecule has 1 saturated heterocycles. The minimum absolute atomic E-state index is 0.0135. The Bertz CT molecular complexity index is 1030. The van der Waals surface area contributed by atoms with Gasteiger partial charge in [-0.05, 0) is 36.8 Å². The van der Waals surface area contributed by atoms with E-state index in [4.69, 9.17) is 5.26 Å². The van der Waals surface area contributed by atoms with E-state index in [1.54, 1.807) is 18.2 Å². The predicted molar refractivity (Wildman–Crippen MR) is 93.7 cm³/mol. The first-order valence-corrected chi connectivity index (χ1v) is 8.14. The van der Waals surface area contributed by atoms with Gasteiger partial charge in [-0.15, -0.1) is 0 Å². The van der Waals surface area contributed by atoms with Gasteiger partial charge in [0.2, 0.25) is 5.91 Å². The zero-order valence-electron chi connectivity index (χ0n) is 14.6.